The molecule has 1 saturated heterocycles. The lowest BCUT2D eigenvalue weighted by molar-refractivity contribution is 0.0985. The number of aliphatic hydroxyl groups is 1. The Bertz CT molecular complexity index is 1630. The molecule has 0 unspecified atom stereocenters. The van der Waals surface area contributed by atoms with Crippen LogP contribution in [0.3, 0.4) is 0 Å². The quantitative estimate of drug-likeness (QED) is 0.172. The third kappa shape index (κ3) is 8.29. The summed E-state index contributed by atoms with van der Waals surface area (Å²) in [5, 5.41) is 14.4. The summed E-state index contributed by atoms with van der Waals surface area (Å²) in [6.45, 7) is 7.09. The van der Waals surface area contributed by atoms with Gasteiger partial charge in [0, 0.05) is 55.3 Å². The summed E-state index contributed by atoms with van der Waals surface area (Å²) in [5.41, 5.74) is 4.48. The third-order valence-corrected chi connectivity index (χ3v) is 10.0. The van der Waals surface area contributed by atoms with Crippen LogP contribution in [-0.2, 0) is 6.42 Å². The van der Waals surface area contributed by atoms with Crippen LogP contribution in [0.25, 0.3) is 11.1 Å². The fourth-order valence-corrected chi connectivity index (χ4v) is 7.34. The summed E-state index contributed by atoms with van der Waals surface area (Å²) in [6.07, 6.45) is 4.86. The summed E-state index contributed by atoms with van der Waals surface area (Å²) in [6, 6.07) is 24.9. The standard InChI is InChI=1S/C38H44N4O4S/c43-25-24-41-22-20-40(21-23-41)18-8-9-26-46-35-28-30(38(45)42-19-7-6-14-36-34(42)17-27-47-36)15-16-33(35)39-37(44)32-13-5-4-12-31(32)29-10-2-1-3-11-29/h1-5,10-13,15-17,27-28,43H,6-9,14,18-26H2,(H,39,44). The number of benzene rings is 3. The highest BCUT2D eigenvalue weighted by molar-refractivity contribution is 7.10. The Morgan fingerprint density at radius 1 is 0.830 bits per heavy atom. The fraction of sp³-hybridized carbons (Fsp3) is 0.368. The van der Waals surface area contributed by atoms with E-state index in [0.29, 0.717) is 35.7 Å². The van der Waals surface area contributed by atoms with Gasteiger partial charge >= 0.3 is 0 Å². The fourth-order valence-electron chi connectivity index (χ4n) is 6.42. The average Bonchev–Trinajstić information content (AvgIpc) is 3.48. The molecule has 0 bridgehead atoms. The number of aryl methyl sites for hydroxylation is 1. The van der Waals surface area contributed by atoms with Crippen LogP contribution in [-0.4, -0.2) is 85.7 Å². The molecule has 6 rings (SSSR count). The molecule has 47 heavy (non-hydrogen) atoms. The lowest BCUT2D eigenvalue weighted by atomic mass is 9.99. The third-order valence-electron chi connectivity index (χ3n) is 9.03. The number of anilines is 2. The van der Waals surface area contributed by atoms with Crippen LogP contribution in [0.5, 0.6) is 5.75 Å². The second-order valence-electron chi connectivity index (χ2n) is 12.2. The first-order valence-electron chi connectivity index (χ1n) is 16.8. The van der Waals surface area contributed by atoms with E-state index in [1.165, 1.54) is 4.88 Å². The van der Waals surface area contributed by atoms with Crippen LogP contribution in [0.4, 0.5) is 11.4 Å². The number of unbranched alkanes of at least 4 members (excludes halogenated alkanes) is 1. The van der Waals surface area contributed by atoms with Crippen LogP contribution in [0.1, 0.15) is 51.3 Å². The number of nitrogens with zero attached hydrogens (tertiary/aromatic N) is 3. The van der Waals surface area contributed by atoms with Gasteiger partial charge in [-0.3, -0.25) is 14.5 Å². The zero-order valence-electron chi connectivity index (χ0n) is 26.9. The van der Waals surface area contributed by atoms with E-state index in [9.17, 15) is 14.7 Å². The van der Waals surface area contributed by atoms with Gasteiger partial charge in [0.05, 0.1) is 24.6 Å². The van der Waals surface area contributed by atoms with Gasteiger partial charge in [-0.15, -0.1) is 11.3 Å². The largest absolute Gasteiger partial charge is 0.491 e. The number of hydrogen-bond acceptors (Lipinski definition) is 7. The summed E-state index contributed by atoms with van der Waals surface area (Å²) in [5.74, 6) is 0.215. The van der Waals surface area contributed by atoms with Crippen molar-refractivity contribution < 1.29 is 19.4 Å². The maximum atomic E-state index is 13.9. The number of amides is 2. The topological polar surface area (TPSA) is 85.4 Å². The van der Waals surface area contributed by atoms with Gasteiger partial charge in [0.2, 0.25) is 0 Å². The number of rotatable bonds is 12. The highest BCUT2D eigenvalue weighted by Gasteiger charge is 2.25. The van der Waals surface area contributed by atoms with Crippen molar-refractivity contribution in [2.24, 2.45) is 0 Å². The molecule has 9 heteroatoms. The highest BCUT2D eigenvalue weighted by Crippen LogP contribution is 2.34. The van der Waals surface area contributed by atoms with E-state index in [1.807, 2.05) is 65.6 Å². The predicted molar refractivity (Wildman–Crippen MR) is 190 cm³/mol. The zero-order valence-corrected chi connectivity index (χ0v) is 27.7. The molecule has 246 valence electrons. The van der Waals surface area contributed by atoms with Crippen molar-refractivity contribution in [3.63, 3.8) is 0 Å². The van der Waals surface area contributed by atoms with E-state index in [4.69, 9.17) is 4.74 Å². The van der Waals surface area contributed by atoms with Crippen molar-refractivity contribution in [3.05, 3.63) is 100 Å². The van der Waals surface area contributed by atoms with Crippen molar-refractivity contribution in [1.29, 1.82) is 0 Å². The van der Waals surface area contributed by atoms with Crippen molar-refractivity contribution in [1.82, 2.24) is 9.80 Å². The molecule has 3 aromatic carbocycles. The molecular formula is C38H44N4O4S. The minimum atomic E-state index is -0.232. The summed E-state index contributed by atoms with van der Waals surface area (Å²) in [4.78, 5) is 35.5. The second kappa shape index (κ2) is 16.2. The molecule has 2 aliphatic heterocycles. The van der Waals surface area contributed by atoms with Gasteiger partial charge in [0.1, 0.15) is 5.75 Å². The maximum Gasteiger partial charge on any atom is 0.258 e. The van der Waals surface area contributed by atoms with Gasteiger partial charge in [-0.1, -0.05) is 48.5 Å². The number of β-amino-alcohol motifs (C(OH)–C–C–N with tert-alkyl or cyclic N) is 1. The van der Waals surface area contributed by atoms with Crippen LogP contribution in [0, 0.1) is 0 Å². The molecular weight excluding hydrogens is 609 g/mol. The number of aliphatic hydroxyl groups excluding tert-OH is 1. The predicted octanol–water partition coefficient (Wildman–Crippen LogP) is 6.42. The molecule has 2 N–H and O–H groups in total. The van der Waals surface area contributed by atoms with Gasteiger partial charge in [0.15, 0.2) is 0 Å². The molecule has 1 aromatic heterocycles. The summed E-state index contributed by atoms with van der Waals surface area (Å²) < 4.78 is 6.35. The Morgan fingerprint density at radius 2 is 1.60 bits per heavy atom. The van der Waals surface area contributed by atoms with E-state index < -0.39 is 0 Å². The molecule has 0 aliphatic carbocycles. The van der Waals surface area contributed by atoms with Crippen molar-refractivity contribution in [3.8, 4) is 16.9 Å². The second-order valence-corrected chi connectivity index (χ2v) is 13.2. The maximum absolute atomic E-state index is 13.9. The first-order chi connectivity index (χ1) is 23.1. The number of ether oxygens (including phenoxy) is 1. The van der Waals surface area contributed by atoms with E-state index in [2.05, 4.69) is 20.5 Å². The molecule has 0 atom stereocenters. The first kappa shape index (κ1) is 32.9. The van der Waals surface area contributed by atoms with Crippen LogP contribution < -0.4 is 15.0 Å². The van der Waals surface area contributed by atoms with Gasteiger partial charge in [-0.25, -0.2) is 0 Å². The molecule has 0 radical (unpaired) electrons. The molecule has 0 saturated carbocycles. The van der Waals surface area contributed by atoms with Crippen LogP contribution in [0.2, 0.25) is 0 Å². The molecule has 3 heterocycles. The SMILES string of the molecule is O=C(Nc1ccc(C(=O)N2CCCCc3sccc32)cc1OCCCCN1CCN(CCO)CC1)c1ccccc1-c1ccccc1. The molecule has 1 fully saturated rings. The molecule has 0 spiro atoms. The van der Waals surface area contributed by atoms with Crippen LogP contribution in [0.15, 0.2) is 84.2 Å². The number of piperazine rings is 1. The minimum Gasteiger partial charge on any atom is -0.491 e. The number of carbonyl (C=O) groups excluding carboxylic acids is 2. The summed E-state index contributed by atoms with van der Waals surface area (Å²) in [7, 11) is 0. The lowest BCUT2D eigenvalue weighted by Crippen LogP contribution is -2.47. The van der Waals surface area contributed by atoms with Crippen molar-refractivity contribution in [2.75, 3.05) is 69.2 Å². The Balaban J connectivity index is 1.17. The van der Waals surface area contributed by atoms with Gasteiger partial charge in [-0.2, -0.15) is 0 Å². The zero-order chi connectivity index (χ0) is 32.4. The number of nitrogens with one attached hydrogen (secondary N) is 1. The summed E-state index contributed by atoms with van der Waals surface area (Å²) >= 11 is 1.71. The first-order valence-corrected chi connectivity index (χ1v) is 17.6. The van der Waals surface area contributed by atoms with Gasteiger partial charge < -0.3 is 25.0 Å². The van der Waals surface area contributed by atoms with E-state index in [1.54, 1.807) is 29.5 Å². The molecule has 2 aliphatic rings. The van der Waals surface area contributed by atoms with E-state index in [0.717, 1.165) is 88.2 Å². The minimum absolute atomic E-state index is 0.0518. The number of hydrogen-bond donors (Lipinski definition) is 2. The monoisotopic (exact) mass is 652 g/mol. The van der Waals surface area contributed by atoms with E-state index >= 15 is 0 Å². The number of fused-ring (bicyclic) bond motifs is 1. The normalized spacial score (nSPS) is 15.6. The van der Waals surface area contributed by atoms with E-state index in [-0.39, 0.29) is 18.4 Å². The number of thiophene rings is 1. The Hall–Kier alpha value is -4.02. The van der Waals surface area contributed by atoms with Gasteiger partial charge in [0.25, 0.3) is 11.8 Å². The Kier molecular flexibility index (Phi) is 11.3. The average molecular weight is 653 g/mol. The smallest absolute Gasteiger partial charge is 0.258 e. The van der Waals surface area contributed by atoms with Crippen molar-refractivity contribution >= 4 is 34.5 Å². The highest BCUT2D eigenvalue weighted by atomic mass is 32.1. The Labute approximate surface area is 281 Å². The van der Waals surface area contributed by atoms with Crippen LogP contribution >= 0.6 is 11.3 Å². The molecule has 8 nitrogen and oxygen atoms in total. The molecule has 4 aromatic rings. The Morgan fingerprint density at radius 3 is 2.40 bits per heavy atom. The molecule has 2 amide bonds. The number of carbonyl (C=O) groups is 2. The van der Waals surface area contributed by atoms with Crippen molar-refractivity contribution in [2.45, 2.75) is 32.1 Å². The van der Waals surface area contributed by atoms with Gasteiger partial charge in [-0.05, 0) is 85.5 Å². The lowest BCUT2D eigenvalue weighted by Gasteiger charge is -2.34.